The van der Waals surface area contributed by atoms with Gasteiger partial charge in [0.1, 0.15) is 5.60 Å². The topological polar surface area (TPSA) is 102 Å². The van der Waals surface area contributed by atoms with Gasteiger partial charge in [-0.3, -0.25) is 0 Å². The molecule has 188 valence electrons. The van der Waals surface area contributed by atoms with Gasteiger partial charge in [-0.05, 0) is 65.5 Å². The number of sulfonamides is 1. The number of aryl methyl sites for hydroxylation is 1. The Morgan fingerprint density at radius 1 is 1.18 bits per heavy atom. The minimum absolute atomic E-state index is 0.171. The molecular formula is C25H37N3O5S. The van der Waals surface area contributed by atoms with Crippen LogP contribution in [0.2, 0.25) is 0 Å². The van der Waals surface area contributed by atoms with Gasteiger partial charge in [0.25, 0.3) is 0 Å². The third-order valence-corrected chi connectivity index (χ3v) is 9.82. The van der Waals surface area contributed by atoms with Crippen molar-refractivity contribution in [2.24, 2.45) is 11.7 Å². The number of rotatable bonds is 5. The molecule has 1 aliphatic carbocycles. The molecular weight excluding hydrogens is 454 g/mol. The van der Waals surface area contributed by atoms with E-state index in [2.05, 4.69) is 6.58 Å². The first kappa shape index (κ1) is 25.0. The number of carbonyl (C=O) groups excluding carboxylic acids is 1. The minimum atomic E-state index is -3.84. The third-order valence-electron chi connectivity index (χ3n) is 7.82. The Labute approximate surface area is 203 Å². The molecule has 3 fully saturated rings. The Hall–Kier alpha value is -2.10. The molecule has 2 N–H and O–H groups in total. The van der Waals surface area contributed by atoms with Crippen molar-refractivity contribution < 1.29 is 22.7 Å². The van der Waals surface area contributed by atoms with Crippen molar-refractivity contribution in [2.75, 3.05) is 19.7 Å². The van der Waals surface area contributed by atoms with Crippen LogP contribution in [0.1, 0.15) is 52.0 Å². The number of allylic oxidation sites excluding steroid dienone is 1. The maximum Gasteiger partial charge on any atom is 0.410 e. The Kier molecular flexibility index (Phi) is 6.50. The largest absolute Gasteiger partial charge is 0.441 e. The van der Waals surface area contributed by atoms with E-state index in [1.807, 2.05) is 27.7 Å². The number of piperidine rings is 1. The number of nitrogens with zero attached hydrogens (tertiary/aromatic N) is 2. The quantitative estimate of drug-likeness (QED) is 0.677. The number of morpholine rings is 1. The number of amides is 1. The highest BCUT2D eigenvalue weighted by atomic mass is 32.2. The smallest absolute Gasteiger partial charge is 0.410 e. The fourth-order valence-electron chi connectivity index (χ4n) is 4.95. The minimum Gasteiger partial charge on any atom is -0.441 e. The lowest BCUT2D eigenvalue weighted by molar-refractivity contribution is -0.148. The van der Waals surface area contributed by atoms with E-state index in [-0.39, 0.29) is 17.4 Å². The average Bonchev–Trinajstić information content (AvgIpc) is 3.56. The van der Waals surface area contributed by atoms with Gasteiger partial charge in [-0.15, -0.1) is 0 Å². The zero-order valence-corrected chi connectivity index (χ0v) is 21.4. The maximum atomic E-state index is 13.9. The Bertz CT molecular complexity index is 1040. The molecule has 0 radical (unpaired) electrons. The molecule has 1 amide bonds. The molecule has 0 aromatic heterocycles. The zero-order chi connectivity index (χ0) is 24.9. The summed E-state index contributed by atoms with van der Waals surface area (Å²) in [6, 6.07) is 5.83. The number of hydrogen-bond donors (Lipinski definition) is 1. The molecule has 0 bridgehead atoms. The van der Waals surface area contributed by atoms with Crippen LogP contribution in [0, 0.1) is 12.8 Å². The summed E-state index contributed by atoms with van der Waals surface area (Å²) in [4.78, 5) is 15.0. The molecule has 2 heterocycles. The predicted molar refractivity (Wildman–Crippen MR) is 130 cm³/mol. The molecule has 0 unspecified atom stereocenters. The third kappa shape index (κ3) is 4.57. The highest BCUT2D eigenvalue weighted by molar-refractivity contribution is 7.89. The molecule has 0 spiro atoms. The summed E-state index contributed by atoms with van der Waals surface area (Å²) in [5.74, 6) is 0.212. The number of carbonyl (C=O) groups is 1. The Balaban J connectivity index is 1.58. The summed E-state index contributed by atoms with van der Waals surface area (Å²) in [7, 11) is -3.84. The van der Waals surface area contributed by atoms with Crippen molar-refractivity contribution >= 4 is 16.1 Å². The molecule has 4 rings (SSSR count). The van der Waals surface area contributed by atoms with Crippen molar-refractivity contribution in [3.8, 4) is 0 Å². The van der Waals surface area contributed by atoms with E-state index in [1.54, 1.807) is 29.2 Å². The fraction of sp³-hybridized carbons (Fsp3) is 0.640. The van der Waals surface area contributed by atoms with Gasteiger partial charge in [-0.2, -0.15) is 4.31 Å². The molecule has 2 aliphatic heterocycles. The number of benzene rings is 1. The van der Waals surface area contributed by atoms with Crippen LogP contribution in [0.25, 0.3) is 0 Å². The summed E-state index contributed by atoms with van der Waals surface area (Å²) >= 11 is 0. The van der Waals surface area contributed by atoms with Crippen molar-refractivity contribution in [2.45, 2.75) is 81.6 Å². The SMILES string of the molecule is C=C(N)C1CCN(C(=O)OC2([C@H]3COC(C)(C)[C@@H](C)N3S(=O)(=O)c3ccc(C)cc3)CC2)CC1. The van der Waals surface area contributed by atoms with Crippen LogP contribution in [-0.2, 0) is 19.5 Å². The maximum absolute atomic E-state index is 13.9. The lowest BCUT2D eigenvalue weighted by Crippen LogP contribution is -2.66. The molecule has 8 nitrogen and oxygen atoms in total. The van der Waals surface area contributed by atoms with Crippen LogP contribution in [-0.4, -0.2) is 66.7 Å². The lowest BCUT2D eigenvalue weighted by atomic mass is 9.94. The highest BCUT2D eigenvalue weighted by Crippen LogP contribution is 2.49. The van der Waals surface area contributed by atoms with Crippen molar-refractivity contribution in [3.05, 3.63) is 42.1 Å². The van der Waals surface area contributed by atoms with Gasteiger partial charge in [-0.25, -0.2) is 13.2 Å². The van der Waals surface area contributed by atoms with Crippen LogP contribution >= 0.6 is 0 Å². The number of nitrogens with two attached hydrogens (primary N) is 1. The molecule has 2 atom stereocenters. The van der Waals surface area contributed by atoms with Crippen LogP contribution < -0.4 is 5.73 Å². The van der Waals surface area contributed by atoms with E-state index in [1.165, 1.54) is 4.31 Å². The van der Waals surface area contributed by atoms with Gasteiger partial charge in [0, 0.05) is 24.7 Å². The van der Waals surface area contributed by atoms with Gasteiger partial charge >= 0.3 is 6.09 Å². The normalized spacial score (nSPS) is 27.2. The van der Waals surface area contributed by atoms with Crippen LogP contribution in [0.3, 0.4) is 0 Å². The summed E-state index contributed by atoms with van der Waals surface area (Å²) < 4.78 is 41.5. The number of ether oxygens (including phenoxy) is 2. The lowest BCUT2D eigenvalue weighted by Gasteiger charge is -2.50. The monoisotopic (exact) mass is 491 g/mol. The summed E-state index contributed by atoms with van der Waals surface area (Å²) in [6.45, 7) is 12.7. The molecule has 1 aromatic carbocycles. The van der Waals surface area contributed by atoms with E-state index in [0.717, 1.165) is 18.4 Å². The van der Waals surface area contributed by atoms with E-state index in [9.17, 15) is 13.2 Å². The summed E-state index contributed by atoms with van der Waals surface area (Å²) in [5.41, 5.74) is 5.92. The van der Waals surface area contributed by atoms with E-state index in [0.29, 0.717) is 31.6 Å². The van der Waals surface area contributed by atoms with E-state index >= 15 is 0 Å². The van der Waals surface area contributed by atoms with Crippen LogP contribution in [0.15, 0.2) is 41.4 Å². The highest BCUT2D eigenvalue weighted by Gasteiger charge is 2.62. The van der Waals surface area contributed by atoms with Gasteiger partial charge in [-0.1, -0.05) is 24.3 Å². The van der Waals surface area contributed by atoms with Gasteiger partial charge in [0.2, 0.25) is 10.0 Å². The molecule has 3 aliphatic rings. The summed E-state index contributed by atoms with van der Waals surface area (Å²) in [5, 5.41) is 0. The zero-order valence-electron chi connectivity index (χ0n) is 20.6. The average molecular weight is 492 g/mol. The van der Waals surface area contributed by atoms with E-state index < -0.39 is 39.4 Å². The van der Waals surface area contributed by atoms with Gasteiger partial charge in [0.15, 0.2) is 0 Å². The first-order valence-corrected chi connectivity index (χ1v) is 13.5. The van der Waals surface area contributed by atoms with Crippen molar-refractivity contribution in [3.63, 3.8) is 0 Å². The predicted octanol–water partition coefficient (Wildman–Crippen LogP) is 3.41. The van der Waals surface area contributed by atoms with Crippen LogP contribution in [0.5, 0.6) is 0 Å². The second-order valence-electron chi connectivity index (χ2n) is 10.5. The van der Waals surface area contributed by atoms with Crippen LogP contribution in [0.4, 0.5) is 4.79 Å². The first-order chi connectivity index (χ1) is 15.9. The van der Waals surface area contributed by atoms with Crippen molar-refractivity contribution in [1.82, 2.24) is 9.21 Å². The Morgan fingerprint density at radius 2 is 1.76 bits per heavy atom. The molecule has 2 saturated heterocycles. The first-order valence-electron chi connectivity index (χ1n) is 12.0. The number of likely N-dealkylation sites (tertiary alicyclic amines) is 1. The molecule has 34 heavy (non-hydrogen) atoms. The van der Waals surface area contributed by atoms with Gasteiger partial charge in [0.05, 0.1) is 29.2 Å². The second kappa shape index (κ2) is 8.84. The fourth-order valence-corrected chi connectivity index (χ4v) is 6.93. The molecule has 9 heteroatoms. The second-order valence-corrected chi connectivity index (χ2v) is 12.4. The standard InChI is InChI=1S/C25H37N3O5S/c1-17-6-8-21(9-7-17)34(30,31)28-19(3)24(4,5)32-16-22(28)25(12-13-25)33-23(29)27-14-10-20(11-15-27)18(2)26/h6-9,19-20,22H,2,10-16,26H2,1,3-5H3/t19-,22-/m1/s1. The van der Waals surface area contributed by atoms with Gasteiger partial charge < -0.3 is 20.1 Å². The number of hydrogen-bond acceptors (Lipinski definition) is 6. The molecule has 1 saturated carbocycles. The van der Waals surface area contributed by atoms with E-state index in [4.69, 9.17) is 15.2 Å². The van der Waals surface area contributed by atoms with Crippen molar-refractivity contribution in [1.29, 1.82) is 0 Å². The molecule has 1 aromatic rings. The Morgan fingerprint density at radius 3 is 2.29 bits per heavy atom. The summed E-state index contributed by atoms with van der Waals surface area (Å²) in [6.07, 6.45) is 2.32.